The van der Waals surface area contributed by atoms with E-state index in [4.69, 9.17) is 11.6 Å². The molecule has 1 fully saturated rings. The number of benzene rings is 2. The van der Waals surface area contributed by atoms with E-state index in [0.717, 1.165) is 18.1 Å². The lowest BCUT2D eigenvalue weighted by Gasteiger charge is -2.37. The van der Waals surface area contributed by atoms with Gasteiger partial charge in [-0.3, -0.25) is 9.69 Å². The van der Waals surface area contributed by atoms with E-state index in [1.807, 2.05) is 30.3 Å². The molecule has 0 radical (unpaired) electrons. The summed E-state index contributed by atoms with van der Waals surface area (Å²) in [7, 11) is 0. The predicted octanol–water partition coefficient (Wildman–Crippen LogP) is 4.23. The zero-order valence-electron chi connectivity index (χ0n) is 12.9. The number of hydrogen-bond donors (Lipinski definition) is 1. The van der Waals surface area contributed by atoms with Gasteiger partial charge in [-0.2, -0.15) is 0 Å². The Balaban J connectivity index is 1.87. The van der Waals surface area contributed by atoms with Crippen LogP contribution < -0.4 is 0 Å². The second kappa shape index (κ2) is 7.16. The molecule has 1 N–H and O–H groups in total. The van der Waals surface area contributed by atoms with Crippen LogP contribution in [-0.4, -0.2) is 29.1 Å². The number of likely N-dealkylation sites (tertiary alicyclic amines) is 1. The van der Waals surface area contributed by atoms with E-state index in [2.05, 4.69) is 29.2 Å². The van der Waals surface area contributed by atoms with Gasteiger partial charge in [0, 0.05) is 5.02 Å². The van der Waals surface area contributed by atoms with Crippen LogP contribution in [0, 0.1) is 5.92 Å². The first kappa shape index (κ1) is 16.0. The number of halogens is 1. The van der Waals surface area contributed by atoms with Gasteiger partial charge in [-0.1, -0.05) is 54.1 Å². The van der Waals surface area contributed by atoms with Crippen LogP contribution in [0.5, 0.6) is 0 Å². The van der Waals surface area contributed by atoms with Gasteiger partial charge in [0.2, 0.25) is 0 Å². The van der Waals surface area contributed by atoms with Crippen molar-refractivity contribution in [1.82, 2.24) is 4.90 Å². The molecule has 3 nitrogen and oxygen atoms in total. The average molecular weight is 330 g/mol. The Bertz CT molecular complexity index is 649. The molecule has 0 aliphatic carbocycles. The van der Waals surface area contributed by atoms with Crippen molar-refractivity contribution in [2.75, 3.05) is 13.1 Å². The highest BCUT2D eigenvalue weighted by Crippen LogP contribution is 2.32. The molecule has 0 saturated carbocycles. The lowest BCUT2D eigenvalue weighted by atomic mass is 9.91. The first-order valence-corrected chi connectivity index (χ1v) is 8.30. The number of aliphatic carboxylic acids is 1. The number of carbonyl (C=O) groups is 1. The third-order valence-corrected chi connectivity index (χ3v) is 4.80. The van der Waals surface area contributed by atoms with E-state index < -0.39 is 5.97 Å². The van der Waals surface area contributed by atoms with Crippen molar-refractivity contribution >= 4 is 17.6 Å². The van der Waals surface area contributed by atoms with Crippen molar-refractivity contribution < 1.29 is 9.90 Å². The molecule has 2 aromatic rings. The molecule has 0 spiro atoms. The summed E-state index contributed by atoms with van der Waals surface area (Å²) in [4.78, 5) is 13.5. The maximum Gasteiger partial charge on any atom is 0.306 e. The molecule has 1 aliphatic heterocycles. The molecule has 23 heavy (non-hydrogen) atoms. The van der Waals surface area contributed by atoms with Crippen molar-refractivity contribution in [3.8, 4) is 0 Å². The van der Waals surface area contributed by atoms with Crippen molar-refractivity contribution in [3.05, 3.63) is 70.7 Å². The largest absolute Gasteiger partial charge is 0.481 e. The van der Waals surface area contributed by atoms with Gasteiger partial charge >= 0.3 is 5.97 Å². The molecule has 120 valence electrons. The van der Waals surface area contributed by atoms with E-state index in [9.17, 15) is 9.90 Å². The summed E-state index contributed by atoms with van der Waals surface area (Å²) in [6, 6.07) is 18.4. The molecule has 1 saturated heterocycles. The summed E-state index contributed by atoms with van der Waals surface area (Å²) in [5.41, 5.74) is 2.41. The molecule has 0 aromatic heterocycles. The van der Waals surface area contributed by atoms with E-state index in [0.29, 0.717) is 12.8 Å². The van der Waals surface area contributed by atoms with Crippen molar-refractivity contribution in [2.45, 2.75) is 18.9 Å². The van der Waals surface area contributed by atoms with Gasteiger partial charge < -0.3 is 5.11 Å². The van der Waals surface area contributed by atoms with Crippen LogP contribution in [0.3, 0.4) is 0 Å². The van der Waals surface area contributed by atoms with E-state index in [1.54, 1.807) is 0 Å². The summed E-state index contributed by atoms with van der Waals surface area (Å²) in [5.74, 6) is -0.889. The second-order valence-corrected chi connectivity index (χ2v) is 6.45. The zero-order chi connectivity index (χ0) is 16.2. The van der Waals surface area contributed by atoms with Crippen LogP contribution in [0.1, 0.15) is 30.0 Å². The molecular formula is C19H20ClNO2. The smallest absolute Gasteiger partial charge is 0.306 e. The summed E-state index contributed by atoms with van der Waals surface area (Å²) < 4.78 is 0. The van der Waals surface area contributed by atoms with Gasteiger partial charge in [0.05, 0.1) is 12.0 Å². The standard InChI is InChI=1S/C19H20ClNO2/c20-17-8-6-15(7-9-17)18(14-4-2-1-3-5-14)21-12-10-16(11-13-21)19(22)23/h1-9,16,18H,10-13H2,(H,22,23). The second-order valence-electron chi connectivity index (χ2n) is 6.01. The SMILES string of the molecule is O=C(O)C1CCN(C(c2ccccc2)c2ccc(Cl)cc2)CC1. The Morgan fingerprint density at radius 2 is 1.57 bits per heavy atom. The molecule has 2 aromatic carbocycles. The molecule has 1 unspecified atom stereocenters. The Kier molecular flexibility index (Phi) is 4.99. The number of nitrogens with zero attached hydrogens (tertiary/aromatic N) is 1. The number of piperidine rings is 1. The normalized spacial score (nSPS) is 17.8. The molecular weight excluding hydrogens is 310 g/mol. The molecule has 1 heterocycles. The summed E-state index contributed by atoms with van der Waals surface area (Å²) in [5, 5.41) is 9.92. The maximum atomic E-state index is 11.2. The number of rotatable bonds is 4. The van der Waals surface area contributed by atoms with E-state index in [1.165, 1.54) is 11.1 Å². The molecule has 1 aliphatic rings. The summed E-state index contributed by atoms with van der Waals surface area (Å²) >= 11 is 6.02. The van der Waals surface area contributed by atoms with Crippen LogP contribution >= 0.6 is 11.6 Å². The first-order valence-electron chi connectivity index (χ1n) is 7.92. The average Bonchev–Trinajstić information content (AvgIpc) is 2.58. The Morgan fingerprint density at radius 3 is 2.13 bits per heavy atom. The van der Waals surface area contributed by atoms with E-state index >= 15 is 0 Å². The van der Waals surface area contributed by atoms with Crippen LogP contribution in [0.15, 0.2) is 54.6 Å². The minimum absolute atomic E-state index is 0.142. The number of carboxylic acids is 1. The molecule has 4 heteroatoms. The highest BCUT2D eigenvalue weighted by Gasteiger charge is 2.29. The predicted molar refractivity (Wildman–Crippen MR) is 91.7 cm³/mol. The highest BCUT2D eigenvalue weighted by atomic mass is 35.5. The van der Waals surface area contributed by atoms with Crippen LogP contribution in [-0.2, 0) is 4.79 Å². The first-order chi connectivity index (χ1) is 11.1. The summed E-state index contributed by atoms with van der Waals surface area (Å²) in [6.07, 6.45) is 1.40. The molecule has 1 atom stereocenters. The third kappa shape index (κ3) is 3.74. The quantitative estimate of drug-likeness (QED) is 0.912. The minimum atomic E-state index is -0.674. The lowest BCUT2D eigenvalue weighted by Crippen LogP contribution is -2.39. The van der Waals surface area contributed by atoms with Gasteiger partial charge in [-0.25, -0.2) is 0 Å². The number of hydrogen-bond acceptors (Lipinski definition) is 2. The maximum absolute atomic E-state index is 11.2. The van der Waals surface area contributed by atoms with Gasteiger partial charge in [0.15, 0.2) is 0 Å². The minimum Gasteiger partial charge on any atom is -0.481 e. The Morgan fingerprint density at radius 1 is 1.00 bits per heavy atom. The molecule has 0 amide bonds. The highest BCUT2D eigenvalue weighted by molar-refractivity contribution is 6.30. The van der Waals surface area contributed by atoms with Crippen molar-refractivity contribution in [3.63, 3.8) is 0 Å². The van der Waals surface area contributed by atoms with Crippen molar-refractivity contribution in [2.24, 2.45) is 5.92 Å². The fourth-order valence-electron chi connectivity index (χ4n) is 3.30. The van der Waals surface area contributed by atoms with Gasteiger partial charge in [-0.15, -0.1) is 0 Å². The van der Waals surface area contributed by atoms with Crippen LogP contribution in [0.2, 0.25) is 5.02 Å². The fraction of sp³-hybridized carbons (Fsp3) is 0.316. The topological polar surface area (TPSA) is 40.5 Å². The van der Waals surface area contributed by atoms with Gasteiger partial charge in [-0.05, 0) is 49.2 Å². The number of carboxylic acid groups (broad SMARTS) is 1. The van der Waals surface area contributed by atoms with Gasteiger partial charge in [0.25, 0.3) is 0 Å². The zero-order valence-corrected chi connectivity index (χ0v) is 13.6. The van der Waals surface area contributed by atoms with Crippen LogP contribution in [0.25, 0.3) is 0 Å². The monoisotopic (exact) mass is 329 g/mol. The Hall–Kier alpha value is -1.84. The van der Waals surface area contributed by atoms with Crippen LogP contribution in [0.4, 0.5) is 0 Å². The fourth-order valence-corrected chi connectivity index (χ4v) is 3.43. The van der Waals surface area contributed by atoms with Gasteiger partial charge in [0.1, 0.15) is 0 Å². The Labute approximate surface area is 141 Å². The lowest BCUT2D eigenvalue weighted by molar-refractivity contribution is -0.143. The molecule has 3 rings (SSSR count). The third-order valence-electron chi connectivity index (χ3n) is 4.54. The van der Waals surface area contributed by atoms with Crippen molar-refractivity contribution in [1.29, 1.82) is 0 Å². The summed E-state index contributed by atoms with van der Waals surface area (Å²) in [6.45, 7) is 1.58. The van der Waals surface area contributed by atoms with E-state index in [-0.39, 0.29) is 12.0 Å². The molecule has 0 bridgehead atoms.